The highest BCUT2D eigenvalue weighted by molar-refractivity contribution is 7.91. The molecule has 29 heavy (non-hydrogen) atoms. The number of allylic oxidation sites excluding steroid dienone is 1. The number of hydrogen-bond acceptors (Lipinski definition) is 6. The first kappa shape index (κ1) is 19.3. The minimum absolute atomic E-state index is 0.000678. The fourth-order valence-electron chi connectivity index (χ4n) is 3.04. The van der Waals surface area contributed by atoms with Crippen LogP contribution in [-0.4, -0.2) is 36.5 Å². The van der Waals surface area contributed by atoms with Gasteiger partial charge in [-0.2, -0.15) is 4.98 Å². The highest BCUT2D eigenvalue weighted by Gasteiger charge is 2.26. The van der Waals surface area contributed by atoms with Crippen molar-refractivity contribution in [3.05, 3.63) is 70.8 Å². The number of sulfonamides is 1. The summed E-state index contributed by atoms with van der Waals surface area (Å²) in [5.74, 6) is 1.16. The molecule has 0 radical (unpaired) electrons. The molecule has 1 aromatic heterocycles. The lowest BCUT2D eigenvalue weighted by Gasteiger charge is -2.24. The van der Waals surface area contributed by atoms with Crippen LogP contribution in [0.1, 0.15) is 17.2 Å². The van der Waals surface area contributed by atoms with Gasteiger partial charge in [0.2, 0.25) is 16.0 Å². The Morgan fingerprint density at radius 3 is 2.45 bits per heavy atom. The van der Waals surface area contributed by atoms with Crippen molar-refractivity contribution in [1.82, 2.24) is 14.8 Å². The second kappa shape index (κ2) is 7.41. The summed E-state index contributed by atoms with van der Waals surface area (Å²) in [5.41, 5.74) is 2.67. The molecule has 0 aliphatic carbocycles. The average molecular weight is 432 g/mol. The highest BCUT2D eigenvalue weighted by atomic mass is 35.5. The number of ether oxygens (including phenoxy) is 1. The standard InChI is InChI=1S/C19H18ClN5O3S/c1-28-15-9-5-13(6-10-15)17-11-16(12-3-7-14(20)8-4-12)21-19-22-18(23-25(17)19)24-29(2,26)27/h3-11,17H,1-2H3,(H2,21,22,23,24). The molecule has 4 rings (SSSR count). The van der Waals surface area contributed by atoms with Crippen molar-refractivity contribution < 1.29 is 13.2 Å². The molecule has 10 heteroatoms. The van der Waals surface area contributed by atoms with Crippen LogP contribution in [0.2, 0.25) is 5.02 Å². The number of fused-ring (bicyclic) bond motifs is 1. The van der Waals surface area contributed by atoms with E-state index in [0.717, 1.165) is 28.8 Å². The fraction of sp³-hybridized carbons (Fsp3) is 0.158. The number of anilines is 2. The lowest BCUT2D eigenvalue weighted by molar-refractivity contribution is 0.414. The largest absolute Gasteiger partial charge is 0.497 e. The third kappa shape index (κ3) is 4.20. The maximum Gasteiger partial charge on any atom is 0.257 e. The van der Waals surface area contributed by atoms with Gasteiger partial charge in [0.1, 0.15) is 11.8 Å². The van der Waals surface area contributed by atoms with E-state index in [0.29, 0.717) is 11.0 Å². The fourth-order valence-corrected chi connectivity index (χ4v) is 3.58. The molecular formula is C19H18ClN5O3S. The van der Waals surface area contributed by atoms with Crippen molar-refractivity contribution in [2.75, 3.05) is 23.4 Å². The van der Waals surface area contributed by atoms with E-state index in [1.807, 2.05) is 42.5 Å². The highest BCUT2D eigenvalue weighted by Crippen LogP contribution is 2.34. The topological polar surface area (TPSA) is 98.1 Å². The van der Waals surface area contributed by atoms with Gasteiger partial charge in [0.15, 0.2) is 0 Å². The van der Waals surface area contributed by atoms with Crippen molar-refractivity contribution in [1.29, 1.82) is 0 Å². The molecule has 2 heterocycles. The van der Waals surface area contributed by atoms with E-state index >= 15 is 0 Å². The van der Waals surface area contributed by atoms with Gasteiger partial charge < -0.3 is 10.1 Å². The molecule has 0 bridgehead atoms. The van der Waals surface area contributed by atoms with Gasteiger partial charge in [-0.15, -0.1) is 5.10 Å². The predicted octanol–water partition coefficient (Wildman–Crippen LogP) is 3.37. The summed E-state index contributed by atoms with van der Waals surface area (Å²) in [4.78, 5) is 4.30. The van der Waals surface area contributed by atoms with Crippen LogP contribution in [0.25, 0.3) is 5.70 Å². The molecule has 0 saturated heterocycles. The van der Waals surface area contributed by atoms with Crippen LogP contribution in [0.4, 0.5) is 11.9 Å². The van der Waals surface area contributed by atoms with Crippen LogP contribution in [0.3, 0.4) is 0 Å². The first-order valence-corrected chi connectivity index (χ1v) is 10.9. The van der Waals surface area contributed by atoms with Crippen molar-refractivity contribution in [2.24, 2.45) is 0 Å². The van der Waals surface area contributed by atoms with Crippen molar-refractivity contribution in [3.63, 3.8) is 0 Å². The van der Waals surface area contributed by atoms with E-state index < -0.39 is 10.0 Å². The molecule has 0 fully saturated rings. The zero-order valence-electron chi connectivity index (χ0n) is 15.6. The Labute approximate surface area is 173 Å². The van der Waals surface area contributed by atoms with Crippen LogP contribution in [0.5, 0.6) is 5.75 Å². The van der Waals surface area contributed by atoms with Gasteiger partial charge in [-0.05, 0) is 41.5 Å². The normalized spacial score (nSPS) is 15.8. The van der Waals surface area contributed by atoms with Gasteiger partial charge in [-0.3, -0.25) is 4.72 Å². The number of nitrogens with one attached hydrogen (secondary N) is 2. The summed E-state index contributed by atoms with van der Waals surface area (Å²) in [7, 11) is -1.89. The lowest BCUT2D eigenvalue weighted by Crippen LogP contribution is -2.20. The summed E-state index contributed by atoms with van der Waals surface area (Å²) < 4.78 is 32.4. The molecule has 0 spiro atoms. The third-order valence-corrected chi connectivity index (χ3v) is 5.16. The maximum absolute atomic E-state index is 11.6. The van der Waals surface area contributed by atoms with Crippen molar-refractivity contribution >= 4 is 39.2 Å². The summed E-state index contributed by atoms with van der Waals surface area (Å²) in [5, 5.41) is 8.18. The van der Waals surface area contributed by atoms with Crippen molar-refractivity contribution in [3.8, 4) is 5.75 Å². The van der Waals surface area contributed by atoms with Crippen LogP contribution in [0, 0.1) is 0 Å². The minimum atomic E-state index is -3.50. The van der Waals surface area contributed by atoms with E-state index in [2.05, 4.69) is 20.1 Å². The molecular weight excluding hydrogens is 414 g/mol. The molecule has 3 aromatic rings. The number of benzene rings is 2. The molecule has 1 atom stereocenters. The number of nitrogens with zero attached hydrogens (tertiary/aromatic N) is 3. The smallest absolute Gasteiger partial charge is 0.257 e. The molecule has 2 aromatic carbocycles. The number of rotatable bonds is 5. The molecule has 0 saturated carbocycles. The monoisotopic (exact) mass is 431 g/mol. The molecule has 0 amide bonds. The summed E-state index contributed by atoms with van der Waals surface area (Å²) in [6, 6.07) is 14.7. The molecule has 1 aliphatic heterocycles. The second-order valence-corrected chi connectivity index (χ2v) is 8.69. The van der Waals surface area contributed by atoms with E-state index in [9.17, 15) is 8.42 Å². The SMILES string of the molecule is COc1ccc(C2C=C(c3ccc(Cl)cc3)Nc3nc(NS(C)(=O)=O)nn32)cc1. The summed E-state index contributed by atoms with van der Waals surface area (Å²) in [6.45, 7) is 0. The molecule has 1 aliphatic rings. The Balaban J connectivity index is 1.79. The van der Waals surface area contributed by atoms with Gasteiger partial charge in [0.25, 0.3) is 5.95 Å². The molecule has 2 N–H and O–H groups in total. The minimum Gasteiger partial charge on any atom is -0.497 e. The molecule has 8 nitrogen and oxygen atoms in total. The van der Waals surface area contributed by atoms with E-state index in [1.54, 1.807) is 23.9 Å². The van der Waals surface area contributed by atoms with Crippen LogP contribution < -0.4 is 14.8 Å². The van der Waals surface area contributed by atoms with Gasteiger partial charge in [-0.25, -0.2) is 13.1 Å². The second-order valence-electron chi connectivity index (χ2n) is 6.51. The van der Waals surface area contributed by atoms with E-state index in [-0.39, 0.29) is 12.0 Å². The number of halogens is 1. The number of aromatic nitrogens is 3. The summed E-state index contributed by atoms with van der Waals surface area (Å²) in [6.07, 6.45) is 3.05. The Hall–Kier alpha value is -3.04. The lowest BCUT2D eigenvalue weighted by atomic mass is 10.0. The van der Waals surface area contributed by atoms with Crippen LogP contribution >= 0.6 is 11.6 Å². The molecule has 150 valence electrons. The van der Waals surface area contributed by atoms with Gasteiger partial charge in [0.05, 0.1) is 13.4 Å². The van der Waals surface area contributed by atoms with Crippen LogP contribution in [0.15, 0.2) is 54.6 Å². The number of methoxy groups -OCH3 is 1. The first-order chi connectivity index (χ1) is 13.8. The van der Waals surface area contributed by atoms with E-state index in [4.69, 9.17) is 16.3 Å². The Morgan fingerprint density at radius 1 is 1.14 bits per heavy atom. The number of hydrogen-bond donors (Lipinski definition) is 2. The Morgan fingerprint density at radius 2 is 1.83 bits per heavy atom. The van der Waals surface area contributed by atoms with Gasteiger partial charge in [-0.1, -0.05) is 35.9 Å². The zero-order chi connectivity index (χ0) is 20.6. The first-order valence-electron chi connectivity index (χ1n) is 8.65. The maximum atomic E-state index is 11.6. The summed E-state index contributed by atoms with van der Waals surface area (Å²) >= 11 is 6.01. The average Bonchev–Trinajstić information content (AvgIpc) is 3.08. The van der Waals surface area contributed by atoms with Gasteiger partial charge >= 0.3 is 0 Å². The molecule has 1 unspecified atom stereocenters. The van der Waals surface area contributed by atoms with E-state index in [1.165, 1.54) is 0 Å². The third-order valence-electron chi connectivity index (χ3n) is 4.35. The quantitative estimate of drug-likeness (QED) is 0.642. The van der Waals surface area contributed by atoms with Gasteiger partial charge in [0, 0.05) is 10.7 Å². The van der Waals surface area contributed by atoms with Crippen LogP contribution in [-0.2, 0) is 10.0 Å². The Kier molecular flexibility index (Phi) is 4.93. The Bertz CT molecular complexity index is 1170. The zero-order valence-corrected chi connectivity index (χ0v) is 17.2. The predicted molar refractivity (Wildman–Crippen MR) is 113 cm³/mol. The van der Waals surface area contributed by atoms with Crippen molar-refractivity contribution in [2.45, 2.75) is 6.04 Å².